The van der Waals surface area contributed by atoms with Crippen LogP contribution < -0.4 is 5.73 Å². The maximum Gasteiger partial charge on any atom is 0.433 e. The van der Waals surface area contributed by atoms with Crippen molar-refractivity contribution in [3.63, 3.8) is 0 Å². The van der Waals surface area contributed by atoms with Crippen molar-refractivity contribution in [3.8, 4) is 0 Å². The molecule has 0 saturated carbocycles. The monoisotopic (exact) mass is 288 g/mol. The van der Waals surface area contributed by atoms with E-state index in [0.29, 0.717) is 11.3 Å². The quantitative estimate of drug-likeness (QED) is 0.570. The molecule has 3 aromatic heterocycles. The summed E-state index contributed by atoms with van der Waals surface area (Å²) in [4.78, 5) is 9.99. The zero-order chi connectivity index (χ0) is 14.8. The summed E-state index contributed by atoms with van der Waals surface area (Å²) in [6.07, 6.45) is 2.95. The molecule has 3 heterocycles. The first-order chi connectivity index (χ1) is 10.1. The number of nitrogens with two attached hydrogens (primary N) is 1. The van der Waals surface area contributed by atoms with E-state index in [9.17, 15) is 10.1 Å². The van der Waals surface area contributed by atoms with Gasteiger partial charge in [-0.2, -0.15) is 0 Å². The average molecular weight is 288 g/mol. The van der Waals surface area contributed by atoms with Gasteiger partial charge in [0, 0.05) is 0 Å². The van der Waals surface area contributed by atoms with Gasteiger partial charge in [-0.1, -0.05) is 5.10 Å². The van der Waals surface area contributed by atoms with E-state index in [0.717, 1.165) is 0 Å². The van der Waals surface area contributed by atoms with Gasteiger partial charge in [0.05, 0.1) is 17.9 Å². The molecular formula is C12H8N4O5. The average Bonchev–Trinajstić information content (AvgIpc) is 3.17. The highest BCUT2D eigenvalue weighted by Crippen LogP contribution is 2.27. The number of nitrogen functional groups attached to an aromatic ring is 1. The smallest absolute Gasteiger partial charge is 0.433 e. The van der Waals surface area contributed by atoms with E-state index in [1.54, 1.807) is 12.1 Å². The van der Waals surface area contributed by atoms with Gasteiger partial charge in [-0.15, -0.1) is 5.10 Å². The minimum absolute atomic E-state index is 0.104. The maximum atomic E-state index is 10.6. The van der Waals surface area contributed by atoms with Gasteiger partial charge in [0.15, 0.2) is 0 Å². The van der Waals surface area contributed by atoms with Gasteiger partial charge in [0.1, 0.15) is 16.4 Å². The fourth-order valence-electron chi connectivity index (χ4n) is 1.67. The van der Waals surface area contributed by atoms with Crippen molar-refractivity contribution in [3.05, 3.63) is 58.1 Å². The first kappa shape index (κ1) is 12.7. The SMILES string of the molecule is Nc1nnc(C(=Cc2ccc([N+](=O)[O-])o2)c2ccco2)o1. The van der Waals surface area contributed by atoms with Crippen LogP contribution >= 0.6 is 0 Å². The molecule has 0 saturated heterocycles. The number of furan rings is 2. The summed E-state index contributed by atoms with van der Waals surface area (Å²) in [5.74, 6) is 0.411. The zero-order valence-corrected chi connectivity index (χ0v) is 10.4. The molecule has 0 atom stereocenters. The van der Waals surface area contributed by atoms with E-state index in [4.69, 9.17) is 19.0 Å². The molecule has 0 aliphatic heterocycles. The van der Waals surface area contributed by atoms with Crippen molar-refractivity contribution in [1.82, 2.24) is 10.2 Å². The second-order valence-corrected chi connectivity index (χ2v) is 3.91. The number of hydrogen-bond acceptors (Lipinski definition) is 8. The molecule has 0 radical (unpaired) electrons. The number of aromatic nitrogens is 2. The molecule has 0 spiro atoms. The Labute approximate surface area is 116 Å². The van der Waals surface area contributed by atoms with Gasteiger partial charge in [-0.25, -0.2) is 0 Å². The molecule has 3 aromatic rings. The highest BCUT2D eigenvalue weighted by atomic mass is 16.6. The Bertz CT molecular complexity index is 799. The lowest BCUT2D eigenvalue weighted by Crippen LogP contribution is -1.86. The largest absolute Gasteiger partial charge is 0.464 e. The Morgan fingerprint density at radius 2 is 2.14 bits per heavy atom. The first-order valence-electron chi connectivity index (χ1n) is 5.72. The molecule has 2 N–H and O–H groups in total. The van der Waals surface area contributed by atoms with E-state index in [1.807, 2.05) is 0 Å². The lowest BCUT2D eigenvalue weighted by molar-refractivity contribution is -0.402. The summed E-state index contributed by atoms with van der Waals surface area (Å²) in [5.41, 5.74) is 5.79. The predicted molar refractivity (Wildman–Crippen MR) is 69.8 cm³/mol. The fourth-order valence-corrected chi connectivity index (χ4v) is 1.67. The number of anilines is 1. The third-order valence-electron chi connectivity index (χ3n) is 2.54. The molecule has 0 amide bonds. The molecular weight excluding hydrogens is 280 g/mol. The first-order valence-corrected chi connectivity index (χ1v) is 5.72. The zero-order valence-electron chi connectivity index (χ0n) is 10.4. The summed E-state index contributed by atoms with van der Waals surface area (Å²) in [6, 6.07) is 5.93. The third-order valence-corrected chi connectivity index (χ3v) is 2.54. The van der Waals surface area contributed by atoms with Gasteiger partial charge >= 0.3 is 11.9 Å². The van der Waals surface area contributed by atoms with Crippen LogP contribution in [0.2, 0.25) is 0 Å². The molecule has 0 aliphatic rings. The number of hydrogen-bond donors (Lipinski definition) is 1. The van der Waals surface area contributed by atoms with Gasteiger partial charge in [0.25, 0.3) is 5.89 Å². The third kappa shape index (κ3) is 2.52. The number of nitro groups is 1. The summed E-state index contributed by atoms with van der Waals surface area (Å²) < 4.78 is 15.5. The van der Waals surface area contributed by atoms with Crippen molar-refractivity contribution in [2.75, 3.05) is 5.73 Å². The molecule has 9 nitrogen and oxygen atoms in total. The van der Waals surface area contributed by atoms with Crippen LogP contribution in [-0.4, -0.2) is 15.1 Å². The maximum absolute atomic E-state index is 10.6. The van der Waals surface area contributed by atoms with Crippen molar-refractivity contribution < 1.29 is 18.2 Å². The molecule has 0 bridgehead atoms. The Kier molecular flexibility index (Phi) is 2.99. The Balaban J connectivity index is 2.06. The highest BCUT2D eigenvalue weighted by Gasteiger charge is 2.17. The van der Waals surface area contributed by atoms with Crippen LogP contribution in [0.3, 0.4) is 0 Å². The van der Waals surface area contributed by atoms with Gasteiger partial charge in [0.2, 0.25) is 0 Å². The van der Waals surface area contributed by atoms with Crippen LogP contribution in [-0.2, 0) is 0 Å². The van der Waals surface area contributed by atoms with Crippen LogP contribution in [0.15, 0.2) is 43.8 Å². The summed E-state index contributed by atoms with van der Waals surface area (Å²) in [7, 11) is 0. The van der Waals surface area contributed by atoms with Crippen LogP contribution in [0.1, 0.15) is 17.4 Å². The minimum Gasteiger partial charge on any atom is -0.464 e. The standard InChI is InChI=1S/C12H8N4O5/c13-12-15-14-11(21-12)8(9-2-1-5-19-9)6-7-3-4-10(20-7)16(17)18/h1-6H,(H2,13,15). The van der Waals surface area contributed by atoms with Crippen molar-refractivity contribution >= 4 is 23.5 Å². The molecule has 3 rings (SSSR count). The molecule has 106 valence electrons. The summed E-state index contributed by atoms with van der Waals surface area (Å²) in [6.45, 7) is 0. The second kappa shape index (κ2) is 4.96. The summed E-state index contributed by atoms with van der Waals surface area (Å²) >= 11 is 0. The molecule has 0 aliphatic carbocycles. The molecule has 0 aromatic carbocycles. The minimum atomic E-state index is -0.630. The summed E-state index contributed by atoms with van der Waals surface area (Å²) in [5, 5.41) is 17.9. The highest BCUT2D eigenvalue weighted by molar-refractivity contribution is 5.85. The van der Waals surface area contributed by atoms with E-state index >= 15 is 0 Å². The van der Waals surface area contributed by atoms with Crippen LogP contribution in [0.4, 0.5) is 11.9 Å². The van der Waals surface area contributed by atoms with Gasteiger partial charge in [-0.05, 0) is 24.3 Å². The van der Waals surface area contributed by atoms with E-state index < -0.39 is 4.92 Å². The van der Waals surface area contributed by atoms with E-state index in [1.165, 1.54) is 24.5 Å². The van der Waals surface area contributed by atoms with Crippen molar-refractivity contribution in [1.29, 1.82) is 0 Å². The molecule has 21 heavy (non-hydrogen) atoms. The predicted octanol–water partition coefficient (Wildman–Crippen LogP) is 2.33. The second-order valence-electron chi connectivity index (χ2n) is 3.91. The lowest BCUT2D eigenvalue weighted by Gasteiger charge is -1.97. The van der Waals surface area contributed by atoms with E-state index in [2.05, 4.69) is 10.2 Å². The number of nitrogens with zero attached hydrogens (tertiary/aromatic N) is 3. The Morgan fingerprint density at radius 3 is 2.71 bits per heavy atom. The van der Waals surface area contributed by atoms with Gasteiger partial charge < -0.3 is 19.0 Å². The van der Waals surface area contributed by atoms with Crippen LogP contribution in [0.25, 0.3) is 11.6 Å². The Hall–Kier alpha value is -3.36. The van der Waals surface area contributed by atoms with Crippen molar-refractivity contribution in [2.45, 2.75) is 0 Å². The van der Waals surface area contributed by atoms with Crippen LogP contribution in [0.5, 0.6) is 0 Å². The van der Waals surface area contributed by atoms with Crippen LogP contribution in [0, 0.1) is 10.1 Å². The molecule has 0 unspecified atom stereocenters. The van der Waals surface area contributed by atoms with Crippen molar-refractivity contribution in [2.24, 2.45) is 0 Å². The number of rotatable bonds is 4. The normalized spacial score (nSPS) is 11.7. The fraction of sp³-hybridized carbons (Fsp3) is 0. The Morgan fingerprint density at radius 1 is 1.29 bits per heavy atom. The topological polar surface area (TPSA) is 134 Å². The lowest BCUT2D eigenvalue weighted by atomic mass is 10.1. The van der Waals surface area contributed by atoms with E-state index in [-0.39, 0.29) is 23.5 Å². The van der Waals surface area contributed by atoms with Gasteiger partial charge in [-0.3, -0.25) is 10.1 Å². The molecule has 0 fully saturated rings. The molecule has 9 heteroatoms.